The van der Waals surface area contributed by atoms with Crippen molar-refractivity contribution >= 4 is 29.1 Å². The zero-order chi connectivity index (χ0) is 23.2. The number of esters is 1. The van der Waals surface area contributed by atoms with Crippen LogP contribution in [0.15, 0.2) is 74.6 Å². The van der Waals surface area contributed by atoms with E-state index in [9.17, 15) is 9.59 Å². The molecule has 33 heavy (non-hydrogen) atoms. The van der Waals surface area contributed by atoms with Gasteiger partial charge in [-0.3, -0.25) is 4.79 Å². The Labute approximate surface area is 189 Å². The van der Waals surface area contributed by atoms with Crippen molar-refractivity contribution in [1.82, 2.24) is 5.43 Å². The zero-order valence-electron chi connectivity index (χ0n) is 18.2. The van der Waals surface area contributed by atoms with Crippen LogP contribution in [-0.4, -0.2) is 31.3 Å². The van der Waals surface area contributed by atoms with E-state index in [0.717, 1.165) is 10.9 Å². The van der Waals surface area contributed by atoms with Crippen LogP contribution in [0.1, 0.15) is 40.5 Å². The van der Waals surface area contributed by atoms with Crippen molar-refractivity contribution in [1.29, 1.82) is 0 Å². The van der Waals surface area contributed by atoms with Gasteiger partial charge < -0.3 is 18.3 Å². The maximum absolute atomic E-state index is 12.4. The quantitative estimate of drug-likeness (QED) is 0.231. The molecule has 0 bridgehead atoms. The van der Waals surface area contributed by atoms with Crippen molar-refractivity contribution in [3.05, 3.63) is 77.7 Å². The number of ether oxygens (including phenoxy) is 2. The third-order valence-corrected chi connectivity index (χ3v) is 4.69. The fourth-order valence-electron chi connectivity index (χ4n) is 3.16. The van der Waals surface area contributed by atoms with E-state index in [2.05, 4.69) is 10.5 Å². The van der Waals surface area contributed by atoms with Crippen molar-refractivity contribution in [2.75, 3.05) is 13.2 Å². The van der Waals surface area contributed by atoms with E-state index in [1.807, 2.05) is 13.0 Å². The van der Waals surface area contributed by atoms with Crippen molar-refractivity contribution in [3.8, 4) is 17.1 Å². The Morgan fingerprint density at radius 2 is 1.79 bits per heavy atom. The summed E-state index contributed by atoms with van der Waals surface area (Å²) in [5.41, 5.74) is 4.26. The van der Waals surface area contributed by atoms with E-state index in [1.165, 1.54) is 6.21 Å². The van der Waals surface area contributed by atoms with Gasteiger partial charge in [-0.1, -0.05) is 12.1 Å². The molecule has 0 spiro atoms. The average molecular weight is 446 g/mol. The van der Waals surface area contributed by atoms with Crippen LogP contribution in [0.3, 0.4) is 0 Å². The number of hydrogen-bond donors (Lipinski definition) is 1. The number of benzene rings is 2. The van der Waals surface area contributed by atoms with Crippen LogP contribution in [0, 0.1) is 0 Å². The first-order valence-corrected chi connectivity index (χ1v) is 10.4. The van der Waals surface area contributed by atoms with Gasteiger partial charge in [0.05, 0.1) is 25.0 Å². The summed E-state index contributed by atoms with van der Waals surface area (Å²) in [5, 5.41) is 4.70. The maximum atomic E-state index is 12.4. The second-order valence-electron chi connectivity index (χ2n) is 6.94. The number of amides is 1. The van der Waals surface area contributed by atoms with Gasteiger partial charge >= 0.3 is 11.9 Å². The molecule has 2 aromatic heterocycles. The van der Waals surface area contributed by atoms with Crippen LogP contribution >= 0.6 is 0 Å². The predicted molar refractivity (Wildman–Crippen MR) is 123 cm³/mol. The molecule has 0 aliphatic carbocycles. The molecule has 0 unspecified atom stereocenters. The molecule has 0 aliphatic heterocycles. The summed E-state index contributed by atoms with van der Waals surface area (Å²) in [6.45, 7) is 4.54. The number of hydrazone groups is 1. The Kier molecular flexibility index (Phi) is 6.54. The lowest BCUT2D eigenvalue weighted by Crippen LogP contribution is -2.16. The molecule has 8 heteroatoms. The van der Waals surface area contributed by atoms with Gasteiger partial charge in [-0.25, -0.2) is 10.2 Å². The first-order chi connectivity index (χ1) is 16.1. The smallest absolute Gasteiger partial charge is 0.338 e. The standard InChI is InChI=1S/C25H22N2O6/c1-3-30-19-9-11-22-18(13-19)14-23(33-22)24(28)27-26-15-20-10-12-21(32-20)16-5-7-17(8-6-16)25(29)31-4-2/h5-15H,3-4H2,1-2H3,(H,27,28)/b26-15+. The highest BCUT2D eigenvalue weighted by Crippen LogP contribution is 2.25. The largest absolute Gasteiger partial charge is 0.494 e. The number of hydrogen-bond acceptors (Lipinski definition) is 7. The van der Waals surface area contributed by atoms with E-state index in [1.54, 1.807) is 61.5 Å². The summed E-state index contributed by atoms with van der Waals surface area (Å²) >= 11 is 0. The van der Waals surface area contributed by atoms with E-state index < -0.39 is 5.91 Å². The van der Waals surface area contributed by atoms with Crippen LogP contribution in [0.2, 0.25) is 0 Å². The van der Waals surface area contributed by atoms with Gasteiger partial charge in [-0.05, 0) is 62.4 Å². The molecule has 0 atom stereocenters. The van der Waals surface area contributed by atoms with Crippen LogP contribution in [0.4, 0.5) is 0 Å². The number of nitrogens with zero attached hydrogens (tertiary/aromatic N) is 1. The molecule has 2 aromatic carbocycles. The van der Waals surface area contributed by atoms with Gasteiger partial charge in [-0.15, -0.1) is 0 Å². The Hall–Kier alpha value is -4.33. The molecule has 1 N–H and O–H groups in total. The SMILES string of the molecule is CCOC(=O)c1ccc(-c2ccc(/C=N/NC(=O)c3cc4cc(OCC)ccc4o3)o2)cc1. The molecule has 8 nitrogen and oxygen atoms in total. The van der Waals surface area contributed by atoms with Crippen molar-refractivity contribution in [3.63, 3.8) is 0 Å². The van der Waals surface area contributed by atoms with Crippen molar-refractivity contribution < 1.29 is 27.9 Å². The number of carbonyl (C=O) groups is 2. The molecule has 168 valence electrons. The molecule has 0 saturated heterocycles. The lowest BCUT2D eigenvalue weighted by atomic mass is 10.1. The summed E-state index contributed by atoms with van der Waals surface area (Å²) in [7, 11) is 0. The van der Waals surface area contributed by atoms with Crippen molar-refractivity contribution in [2.24, 2.45) is 5.10 Å². The maximum Gasteiger partial charge on any atom is 0.338 e. The van der Waals surface area contributed by atoms with Gasteiger partial charge in [-0.2, -0.15) is 5.10 Å². The summed E-state index contributed by atoms with van der Waals surface area (Å²) in [6, 6.07) is 17.4. The molecule has 4 aromatic rings. The van der Waals surface area contributed by atoms with Gasteiger partial charge in [0.1, 0.15) is 22.9 Å². The van der Waals surface area contributed by atoms with Gasteiger partial charge in [0.2, 0.25) is 0 Å². The second kappa shape index (κ2) is 9.86. The molecular weight excluding hydrogens is 424 g/mol. The highest BCUT2D eigenvalue weighted by Gasteiger charge is 2.13. The van der Waals surface area contributed by atoms with Gasteiger partial charge in [0.15, 0.2) is 5.76 Å². The van der Waals surface area contributed by atoms with E-state index >= 15 is 0 Å². The molecule has 0 fully saturated rings. The summed E-state index contributed by atoms with van der Waals surface area (Å²) in [4.78, 5) is 24.1. The molecule has 0 saturated carbocycles. The molecule has 4 rings (SSSR count). The Morgan fingerprint density at radius 3 is 2.55 bits per heavy atom. The third kappa shape index (κ3) is 5.12. The lowest BCUT2D eigenvalue weighted by Gasteiger charge is -2.02. The second-order valence-corrected chi connectivity index (χ2v) is 6.94. The van der Waals surface area contributed by atoms with Gasteiger partial charge in [0, 0.05) is 10.9 Å². The van der Waals surface area contributed by atoms with Crippen LogP contribution < -0.4 is 10.2 Å². The van der Waals surface area contributed by atoms with E-state index in [0.29, 0.717) is 41.6 Å². The monoisotopic (exact) mass is 446 g/mol. The molecule has 0 radical (unpaired) electrons. The number of carbonyl (C=O) groups excluding carboxylic acids is 2. The normalized spacial score (nSPS) is 11.1. The van der Waals surface area contributed by atoms with E-state index in [4.69, 9.17) is 18.3 Å². The van der Waals surface area contributed by atoms with E-state index in [-0.39, 0.29) is 11.7 Å². The molecule has 1 amide bonds. The topological polar surface area (TPSA) is 103 Å². The van der Waals surface area contributed by atoms with Crippen LogP contribution in [0.5, 0.6) is 5.75 Å². The highest BCUT2D eigenvalue weighted by atomic mass is 16.5. The summed E-state index contributed by atoms with van der Waals surface area (Å²) in [6.07, 6.45) is 1.39. The highest BCUT2D eigenvalue weighted by molar-refractivity contribution is 5.96. The lowest BCUT2D eigenvalue weighted by molar-refractivity contribution is 0.0526. The third-order valence-electron chi connectivity index (χ3n) is 4.69. The van der Waals surface area contributed by atoms with Gasteiger partial charge in [0.25, 0.3) is 0 Å². The minimum absolute atomic E-state index is 0.137. The minimum atomic E-state index is -0.484. The molecule has 0 aliphatic rings. The minimum Gasteiger partial charge on any atom is -0.494 e. The van der Waals surface area contributed by atoms with Crippen LogP contribution in [-0.2, 0) is 4.74 Å². The average Bonchev–Trinajstić information content (AvgIpc) is 3.46. The number of furan rings is 2. The number of nitrogens with one attached hydrogen (secondary N) is 1. The predicted octanol–water partition coefficient (Wildman–Crippen LogP) is 5.03. The number of rotatable bonds is 8. The molecule has 2 heterocycles. The van der Waals surface area contributed by atoms with Crippen LogP contribution in [0.25, 0.3) is 22.3 Å². The first kappa shape index (κ1) is 21.9. The first-order valence-electron chi connectivity index (χ1n) is 10.4. The van der Waals surface area contributed by atoms with Crippen molar-refractivity contribution in [2.45, 2.75) is 13.8 Å². The fourth-order valence-corrected chi connectivity index (χ4v) is 3.16. The Bertz CT molecular complexity index is 1300. The summed E-state index contributed by atoms with van der Waals surface area (Å²) < 4.78 is 21.7. The zero-order valence-corrected chi connectivity index (χ0v) is 18.2. The Morgan fingerprint density at radius 1 is 0.970 bits per heavy atom. The summed E-state index contributed by atoms with van der Waals surface area (Å²) in [5.74, 6) is 1.04. The molecular formula is C25H22N2O6. The number of fused-ring (bicyclic) bond motifs is 1. The Balaban J connectivity index is 1.38. The fraction of sp³-hybridized carbons (Fsp3) is 0.160.